The van der Waals surface area contributed by atoms with Gasteiger partial charge in [0.2, 0.25) is 0 Å². The molecule has 3 unspecified atom stereocenters. The van der Waals surface area contributed by atoms with Crippen LogP contribution in [-0.2, 0) is 4.74 Å². The lowest BCUT2D eigenvalue weighted by Crippen LogP contribution is -2.51. The summed E-state index contributed by atoms with van der Waals surface area (Å²) in [6.45, 7) is -1.35. The number of aliphatic hydroxyl groups excluding tert-OH is 4. The fourth-order valence-electron chi connectivity index (χ4n) is 1.14. The van der Waals surface area contributed by atoms with E-state index in [9.17, 15) is 10.2 Å². The topological polar surface area (TPSA) is 110 Å². The zero-order valence-corrected chi connectivity index (χ0v) is 6.29. The maximum atomic E-state index is 9.35. The third kappa shape index (κ3) is 1.22. The van der Waals surface area contributed by atoms with Crippen molar-refractivity contribution in [2.75, 3.05) is 13.2 Å². The Kier molecular flexibility index (Phi) is 2.67. The van der Waals surface area contributed by atoms with Crippen LogP contribution < -0.4 is 0 Å². The molecule has 0 aromatic carbocycles. The van der Waals surface area contributed by atoms with Crippen LogP contribution in [0.2, 0.25) is 0 Å². The van der Waals surface area contributed by atoms with E-state index in [0.29, 0.717) is 0 Å². The lowest BCUT2D eigenvalue weighted by Gasteiger charge is -2.25. The Labute approximate surface area is 68.6 Å². The average Bonchev–Trinajstić information content (AvgIpc) is 2.30. The van der Waals surface area contributed by atoms with Gasteiger partial charge in [-0.15, -0.1) is 0 Å². The van der Waals surface area contributed by atoms with Gasteiger partial charge in [0.25, 0.3) is 0 Å². The van der Waals surface area contributed by atoms with Gasteiger partial charge in [0, 0.05) is 0 Å². The molecule has 1 aliphatic rings. The van der Waals surface area contributed by atoms with Crippen molar-refractivity contribution in [3.63, 3.8) is 0 Å². The molecule has 1 fully saturated rings. The molecular weight excluding hydrogens is 168 g/mol. The highest BCUT2D eigenvalue weighted by Crippen LogP contribution is 2.28. The summed E-state index contributed by atoms with van der Waals surface area (Å²) in [4.78, 5) is 0. The van der Waals surface area contributed by atoms with E-state index in [4.69, 9.17) is 15.3 Å². The lowest BCUT2D eigenvalue weighted by atomic mass is 9.97. The summed E-state index contributed by atoms with van der Waals surface area (Å²) in [5.41, 5.74) is -2.09. The van der Waals surface area contributed by atoms with Crippen LogP contribution in [0.5, 0.6) is 0 Å². The molecule has 1 rings (SSSR count). The van der Waals surface area contributed by atoms with Gasteiger partial charge in [-0.3, -0.25) is 0 Å². The van der Waals surface area contributed by atoms with Crippen LogP contribution in [0.3, 0.4) is 0 Å². The fraction of sp³-hybridized carbons (Fsp3) is 1.00. The number of hydrogen-bond donors (Lipinski definition) is 5. The smallest absolute Gasteiger partial charge is 0.189 e. The van der Waals surface area contributed by atoms with Crippen LogP contribution >= 0.6 is 0 Å². The second-order valence-electron chi connectivity index (χ2n) is 2.80. The van der Waals surface area contributed by atoms with E-state index >= 15 is 0 Å². The Morgan fingerprint density at radius 1 is 1.25 bits per heavy atom. The molecule has 0 radical (unpaired) electrons. The summed E-state index contributed by atoms with van der Waals surface area (Å²) >= 11 is 0. The maximum Gasteiger partial charge on any atom is 0.189 e. The van der Waals surface area contributed by atoms with Gasteiger partial charge in [-0.25, -0.2) is 0 Å². The summed E-state index contributed by atoms with van der Waals surface area (Å²) in [5, 5.41) is 44.8. The second kappa shape index (κ2) is 3.25. The van der Waals surface area contributed by atoms with Gasteiger partial charge in [-0.05, 0) is 0 Å². The molecule has 1 heterocycles. The van der Waals surface area contributed by atoms with E-state index in [1.54, 1.807) is 0 Å². The molecule has 0 aliphatic carbocycles. The van der Waals surface area contributed by atoms with Gasteiger partial charge in [0.15, 0.2) is 11.9 Å². The van der Waals surface area contributed by atoms with E-state index < -0.39 is 37.3 Å². The van der Waals surface area contributed by atoms with Crippen molar-refractivity contribution in [1.82, 2.24) is 0 Å². The van der Waals surface area contributed by atoms with Gasteiger partial charge in [0.1, 0.15) is 12.2 Å². The Morgan fingerprint density at radius 2 is 1.83 bits per heavy atom. The van der Waals surface area contributed by atoms with Gasteiger partial charge in [-0.1, -0.05) is 0 Å². The molecule has 0 aromatic rings. The molecule has 6 heteroatoms. The predicted molar refractivity (Wildman–Crippen MR) is 36.0 cm³/mol. The quantitative estimate of drug-likeness (QED) is 0.306. The number of ether oxygens (including phenoxy) is 1. The highest BCUT2D eigenvalue weighted by Gasteiger charge is 2.54. The van der Waals surface area contributed by atoms with Crippen LogP contribution in [0.15, 0.2) is 0 Å². The minimum Gasteiger partial charge on any atom is -0.394 e. The molecule has 5 N–H and O–H groups in total. The zero-order valence-electron chi connectivity index (χ0n) is 6.29. The predicted octanol–water partition coefficient (Wildman–Crippen LogP) is -3.22. The van der Waals surface area contributed by atoms with Gasteiger partial charge >= 0.3 is 0 Å². The molecule has 0 saturated carbocycles. The summed E-state index contributed by atoms with van der Waals surface area (Å²) in [5.74, 6) is 0. The molecule has 0 aromatic heterocycles. The van der Waals surface area contributed by atoms with Crippen molar-refractivity contribution in [3.05, 3.63) is 0 Å². The Bertz CT molecular complexity index is 162. The van der Waals surface area contributed by atoms with E-state index in [1.807, 2.05) is 0 Å². The van der Waals surface area contributed by atoms with Crippen LogP contribution in [0, 0.1) is 0 Å². The molecule has 0 spiro atoms. The first-order valence-corrected chi connectivity index (χ1v) is 3.52. The molecule has 1 aliphatic heterocycles. The highest BCUT2D eigenvalue weighted by molar-refractivity contribution is 4.98. The van der Waals surface area contributed by atoms with Crippen molar-refractivity contribution < 1.29 is 30.3 Å². The minimum absolute atomic E-state index is 0.527. The first kappa shape index (κ1) is 9.85. The zero-order chi connectivity index (χ0) is 9.35. The van der Waals surface area contributed by atoms with Crippen molar-refractivity contribution in [3.8, 4) is 0 Å². The van der Waals surface area contributed by atoms with Gasteiger partial charge < -0.3 is 30.3 Å². The summed E-state index contributed by atoms with van der Waals surface area (Å²) in [7, 11) is 0. The van der Waals surface area contributed by atoms with Crippen LogP contribution in [0.4, 0.5) is 0 Å². The number of hydrogen-bond acceptors (Lipinski definition) is 6. The maximum absolute atomic E-state index is 9.35. The average molecular weight is 180 g/mol. The molecule has 1 saturated heterocycles. The standard InChI is InChI=1S/C6H12O6/c7-1-3-4(9)6(11,2-8)5(10)12-3/h3-5,7-11H,1-2H2/t3-,4?,5?,6?/m1/s1. The molecule has 0 amide bonds. The summed E-state index contributed by atoms with van der Waals surface area (Å²) in [6.07, 6.45) is -4.21. The SMILES string of the molecule is OC[C@H]1OC(O)C(O)(CO)C1O. The summed E-state index contributed by atoms with van der Waals surface area (Å²) < 4.78 is 4.57. The fourth-order valence-corrected chi connectivity index (χ4v) is 1.14. The van der Waals surface area contributed by atoms with E-state index in [1.165, 1.54) is 0 Å². The highest BCUT2D eigenvalue weighted by atomic mass is 16.7. The van der Waals surface area contributed by atoms with E-state index in [-0.39, 0.29) is 0 Å². The van der Waals surface area contributed by atoms with Crippen LogP contribution in [0.1, 0.15) is 0 Å². The minimum atomic E-state index is -2.09. The largest absolute Gasteiger partial charge is 0.394 e. The van der Waals surface area contributed by atoms with Gasteiger partial charge in [0.05, 0.1) is 13.2 Å². The van der Waals surface area contributed by atoms with Crippen molar-refractivity contribution in [1.29, 1.82) is 0 Å². The van der Waals surface area contributed by atoms with E-state index in [2.05, 4.69) is 4.74 Å². The molecule has 12 heavy (non-hydrogen) atoms. The monoisotopic (exact) mass is 180 g/mol. The Morgan fingerprint density at radius 3 is 2.08 bits per heavy atom. The molecule has 4 atom stereocenters. The van der Waals surface area contributed by atoms with Gasteiger partial charge in [-0.2, -0.15) is 0 Å². The first-order valence-electron chi connectivity index (χ1n) is 3.52. The molecular formula is C6H12O6. The van der Waals surface area contributed by atoms with Crippen LogP contribution in [0.25, 0.3) is 0 Å². The molecule has 6 nitrogen and oxygen atoms in total. The van der Waals surface area contributed by atoms with Crippen molar-refractivity contribution >= 4 is 0 Å². The lowest BCUT2D eigenvalue weighted by molar-refractivity contribution is -0.191. The molecule has 0 bridgehead atoms. The van der Waals surface area contributed by atoms with E-state index in [0.717, 1.165) is 0 Å². The second-order valence-corrected chi connectivity index (χ2v) is 2.80. The Hall–Kier alpha value is -0.240. The third-order valence-corrected chi connectivity index (χ3v) is 2.03. The van der Waals surface area contributed by atoms with Crippen molar-refractivity contribution in [2.24, 2.45) is 0 Å². The van der Waals surface area contributed by atoms with Crippen LogP contribution in [-0.4, -0.2) is 62.8 Å². The van der Waals surface area contributed by atoms with Crippen molar-refractivity contribution in [2.45, 2.75) is 24.1 Å². The Balaban J connectivity index is 2.76. The third-order valence-electron chi connectivity index (χ3n) is 2.03. The first-order chi connectivity index (χ1) is 5.56. The normalized spacial score (nSPS) is 48.2. The number of aliphatic hydroxyl groups is 5. The molecule has 72 valence electrons. The summed E-state index contributed by atoms with van der Waals surface area (Å²) in [6, 6.07) is 0. The number of rotatable bonds is 2.